The Morgan fingerprint density at radius 1 is 0.944 bits per heavy atom. The minimum Gasteiger partial charge on any atom is -0.504 e. The molecule has 1 saturated heterocycles. The van der Waals surface area contributed by atoms with Crippen LogP contribution in [0, 0.1) is 0 Å². The van der Waals surface area contributed by atoms with Crippen LogP contribution in [-0.4, -0.2) is 81.5 Å². The lowest BCUT2D eigenvalue weighted by atomic mass is 9.99. The maximum Gasteiger partial charge on any atom is 0.337 e. The van der Waals surface area contributed by atoms with E-state index in [4.69, 9.17) is 18.6 Å². The van der Waals surface area contributed by atoms with E-state index in [1.807, 2.05) is 0 Å². The van der Waals surface area contributed by atoms with Gasteiger partial charge in [-0.3, -0.25) is 4.79 Å². The van der Waals surface area contributed by atoms with Crippen molar-refractivity contribution in [3.8, 4) is 40.1 Å². The Hall–Kier alpha value is -4.04. The van der Waals surface area contributed by atoms with E-state index in [0.717, 1.165) is 32.4 Å². The van der Waals surface area contributed by atoms with Crippen LogP contribution >= 0.6 is 0 Å². The Bertz CT molecular complexity index is 1360. The molecule has 13 heteroatoms. The highest BCUT2D eigenvalue weighted by Crippen LogP contribution is 2.43. The lowest BCUT2D eigenvalue weighted by Crippen LogP contribution is -2.61. The second kappa shape index (κ2) is 9.54. The molecule has 1 aliphatic rings. The van der Waals surface area contributed by atoms with Crippen LogP contribution in [0.4, 0.5) is 0 Å². The van der Waals surface area contributed by atoms with Crippen molar-refractivity contribution in [2.45, 2.75) is 30.7 Å². The van der Waals surface area contributed by atoms with Crippen LogP contribution in [0.1, 0.15) is 0 Å². The molecule has 0 bridgehead atoms. The Morgan fingerprint density at radius 3 is 2.31 bits per heavy atom. The standard InChI is InChI=1S/C23H22O13/c1-32-20-14(35-23-19(30)17(28)18(29)21(36-23)22(31)33-2)7-13-15(16(20)27)11(26)6-12(34-13)8-3-4-9(24)10(25)5-8/h3-7,17-19,21,23-25,27-30H,1-2H3/t17-,18-,19+,21-,23+/m0/s1. The van der Waals surface area contributed by atoms with Gasteiger partial charge in [0.1, 0.15) is 35.0 Å². The molecule has 0 radical (unpaired) electrons. The van der Waals surface area contributed by atoms with Crippen LogP contribution < -0.4 is 14.9 Å². The first kappa shape index (κ1) is 25.1. The van der Waals surface area contributed by atoms with E-state index in [2.05, 4.69) is 4.74 Å². The van der Waals surface area contributed by atoms with Gasteiger partial charge < -0.3 is 54.0 Å². The van der Waals surface area contributed by atoms with Gasteiger partial charge in [-0.25, -0.2) is 4.79 Å². The third-order valence-corrected chi connectivity index (χ3v) is 5.62. The molecule has 6 N–H and O–H groups in total. The van der Waals surface area contributed by atoms with Crippen molar-refractivity contribution in [2.75, 3.05) is 14.2 Å². The number of hydrogen-bond acceptors (Lipinski definition) is 13. The van der Waals surface area contributed by atoms with E-state index in [-0.39, 0.29) is 39.5 Å². The summed E-state index contributed by atoms with van der Waals surface area (Å²) in [4.78, 5) is 24.7. The maximum absolute atomic E-state index is 12.8. The second-order valence-corrected chi connectivity index (χ2v) is 7.85. The number of esters is 1. The molecule has 0 unspecified atom stereocenters. The number of fused-ring (bicyclic) bond motifs is 1. The van der Waals surface area contributed by atoms with Gasteiger partial charge in [0.05, 0.1) is 14.2 Å². The van der Waals surface area contributed by atoms with Crippen molar-refractivity contribution in [3.63, 3.8) is 0 Å². The van der Waals surface area contributed by atoms with Crippen molar-refractivity contribution >= 4 is 16.9 Å². The van der Waals surface area contributed by atoms with E-state index in [0.29, 0.717) is 0 Å². The molecule has 1 aromatic heterocycles. The molecule has 0 amide bonds. The van der Waals surface area contributed by atoms with Crippen molar-refractivity contribution < 1.29 is 58.8 Å². The number of aliphatic hydroxyl groups is 3. The number of benzene rings is 2. The smallest absolute Gasteiger partial charge is 0.337 e. The SMILES string of the molecule is COC(=O)[C@H]1O[C@@H](Oc2cc3oc(-c4ccc(O)c(O)c4)cc(=O)c3c(O)c2OC)[C@H](O)[C@@H](O)[C@@H]1O. The maximum atomic E-state index is 12.8. The normalized spacial score (nSPS) is 23.9. The molecule has 4 rings (SSSR count). The number of ether oxygens (including phenoxy) is 4. The summed E-state index contributed by atoms with van der Waals surface area (Å²) in [7, 11) is 2.19. The molecular weight excluding hydrogens is 484 g/mol. The number of phenolic OH excluding ortho intramolecular Hbond substituents is 3. The summed E-state index contributed by atoms with van der Waals surface area (Å²) in [5.41, 5.74) is -0.653. The summed E-state index contributed by atoms with van der Waals surface area (Å²) in [6.07, 6.45) is -8.98. The number of rotatable bonds is 5. The number of carbonyl (C=O) groups excluding carboxylic acids is 1. The molecule has 2 heterocycles. The molecular formula is C23H22O13. The van der Waals surface area contributed by atoms with Crippen LogP contribution in [0.15, 0.2) is 39.5 Å². The predicted octanol–water partition coefficient (Wildman–Crippen LogP) is -0.0552. The van der Waals surface area contributed by atoms with Crippen molar-refractivity contribution in [1.82, 2.24) is 0 Å². The van der Waals surface area contributed by atoms with Gasteiger partial charge >= 0.3 is 5.97 Å². The Morgan fingerprint density at radius 2 is 1.67 bits per heavy atom. The number of hydrogen-bond donors (Lipinski definition) is 6. The Labute approximate surface area is 201 Å². The first-order chi connectivity index (χ1) is 17.1. The molecule has 2 aromatic carbocycles. The van der Waals surface area contributed by atoms with Gasteiger partial charge in [0, 0.05) is 17.7 Å². The number of aromatic hydroxyl groups is 3. The van der Waals surface area contributed by atoms with E-state index < -0.39 is 53.6 Å². The lowest BCUT2D eigenvalue weighted by molar-refractivity contribution is -0.272. The zero-order valence-corrected chi connectivity index (χ0v) is 18.8. The predicted molar refractivity (Wildman–Crippen MR) is 119 cm³/mol. The fourth-order valence-corrected chi connectivity index (χ4v) is 3.75. The zero-order valence-electron chi connectivity index (χ0n) is 18.8. The number of aliphatic hydroxyl groups excluding tert-OH is 3. The molecule has 36 heavy (non-hydrogen) atoms. The van der Waals surface area contributed by atoms with Gasteiger partial charge in [0.15, 0.2) is 34.5 Å². The number of phenols is 3. The van der Waals surface area contributed by atoms with Gasteiger partial charge in [-0.2, -0.15) is 0 Å². The minimum atomic E-state index is -1.86. The van der Waals surface area contributed by atoms with Crippen molar-refractivity contribution in [3.05, 3.63) is 40.6 Å². The van der Waals surface area contributed by atoms with Gasteiger partial charge in [-0.05, 0) is 18.2 Å². The number of methoxy groups -OCH3 is 2. The average molecular weight is 506 g/mol. The Kier molecular flexibility index (Phi) is 6.65. The molecule has 13 nitrogen and oxygen atoms in total. The van der Waals surface area contributed by atoms with E-state index in [1.165, 1.54) is 12.1 Å². The van der Waals surface area contributed by atoms with Crippen LogP contribution in [0.5, 0.6) is 28.7 Å². The molecule has 1 aliphatic heterocycles. The molecule has 0 aliphatic carbocycles. The summed E-state index contributed by atoms with van der Waals surface area (Å²) >= 11 is 0. The van der Waals surface area contributed by atoms with E-state index >= 15 is 0 Å². The second-order valence-electron chi connectivity index (χ2n) is 7.85. The van der Waals surface area contributed by atoms with Gasteiger partial charge in [-0.15, -0.1) is 0 Å². The molecule has 1 fully saturated rings. The van der Waals surface area contributed by atoms with Crippen LogP contribution in [-0.2, 0) is 14.3 Å². The highest BCUT2D eigenvalue weighted by Gasteiger charge is 2.48. The summed E-state index contributed by atoms with van der Waals surface area (Å²) in [5.74, 6) is -3.25. The molecule has 192 valence electrons. The van der Waals surface area contributed by atoms with Crippen LogP contribution in [0.25, 0.3) is 22.3 Å². The van der Waals surface area contributed by atoms with Crippen LogP contribution in [0.3, 0.4) is 0 Å². The summed E-state index contributed by atoms with van der Waals surface area (Å²) in [5, 5.41) is 60.3. The van der Waals surface area contributed by atoms with Crippen molar-refractivity contribution in [2.24, 2.45) is 0 Å². The third kappa shape index (κ3) is 4.24. The fraction of sp³-hybridized carbons (Fsp3) is 0.304. The highest BCUT2D eigenvalue weighted by molar-refractivity contribution is 5.89. The van der Waals surface area contributed by atoms with Crippen molar-refractivity contribution in [1.29, 1.82) is 0 Å². The van der Waals surface area contributed by atoms with Crippen LogP contribution in [0.2, 0.25) is 0 Å². The Balaban J connectivity index is 1.79. The number of carbonyl (C=O) groups is 1. The minimum absolute atomic E-state index is 0.0310. The highest BCUT2D eigenvalue weighted by atomic mass is 16.7. The first-order valence-corrected chi connectivity index (χ1v) is 10.4. The first-order valence-electron chi connectivity index (χ1n) is 10.4. The lowest BCUT2D eigenvalue weighted by Gasteiger charge is -2.38. The van der Waals surface area contributed by atoms with Gasteiger partial charge in [0.25, 0.3) is 0 Å². The quantitative estimate of drug-likeness (QED) is 0.198. The molecule has 5 atom stereocenters. The van der Waals surface area contributed by atoms with Gasteiger partial charge in [0.2, 0.25) is 12.0 Å². The zero-order chi connectivity index (χ0) is 26.3. The van der Waals surface area contributed by atoms with Gasteiger partial charge in [-0.1, -0.05) is 0 Å². The monoisotopic (exact) mass is 506 g/mol. The van der Waals surface area contributed by atoms with E-state index in [1.54, 1.807) is 0 Å². The average Bonchev–Trinajstić information content (AvgIpc) is 2.85. The molecule has 0 saturated carbocycles. The fourth-order valence-electron chi connectivity index (χ4n) is 3.75. The topological polar surface area (TPSA) is 206 Å². The van der Waals surface area contributed by atoms with E-state index in [9.17, 15) is 40.2 Å². The summed E-state index contributed by atoms with van der Waals surface area (Å²) in [6.45, 7) is 0. The molecule has 0 spiro atoms. The summed E-state index contributed by atoms with van der Waals surface area (Å²) in [6, 6.07) is 5.92. The third-order valence-electron chi connectivity index (χ3n) is 5.62. The molecule has 3 aromatic rings. The largest absolute Gasteiger partial charge is 0.504 e. The summed E-state index contributed by atoms with van der Waals surface area (Å²) < 4.78 is 26.3.